The maximum Gasteiger partial charge on any atom is 0.224 e. The highest BCUT2D eigenvalue weighted by Gasteiger charge is 2.28. The minimum absolute atomic E-state index is 0.141. The molecule has 126 valence electrons. The molecular weight excluding hydrogens is 300 g/mol. The van der Waals surface area contributed by atoms with Crippen molar-refractivity contribution >= 4 is 5.91 Å². The summed E-state index contributed by atoms with van der Waals surface area (Å²) in [6, 6.07) is 17.7. The van der Waals surface area contributed by atoms with Gasteiger partial charge in [-0.1, -0.05) is 42.5 Å². The number of likely N-dealkylation sites (tertiary alicyclic amines) is 1. The molecule has 0 aliphatic carbocycles. The number of amides is 1. The van der Waals surface area contributed by atoms with Gasteiger partial charge in [0.1, 0.15) is 5.75 Å². The lowest BCUT2D eigenvalue weighted by atomic mass is 9.98. The average molecular weight is 324 g/mol. The molecule has 2 aromatic carbocycles. The SMILES string of the molecule is COc1ccc([C@@H]2CCN(C(=O)C[C@H](N)c3ccccc3)C2)cc1. The van der Waals surface area contributed by atoms with Crippen LogP contribution in [0, 0.1) is 0 Å². The molecule has 1 heterocycles. The molecule has 2 N–H and O–H groups in total. The van der Waals surface area contributed by atoms with Gasteiger partial charge >= 0.3 is 0 Å². The summed E-state index contributed by atoms with van der Waals surface area (Å²) in [5.74, 6) is 1.40. The van der Waals surface area contributed by atoms with E-state index < -0.39 is 0 Å². The van der Waals surface area contributed by atoms with Crippen molar-refractivity contribution in [3.05, 3.63) is 65.7 Å². The molecule has 1 saturated heterocycles. The normalized spacial score (nSPS) is 18.4. The van der Waals surface area contributed by atoms with Crippen LogP contribution in [0.1, 0.15) is 35.9 Å². The van der Waals surface area contributed by atoms with Crippen LogP contribution in [0.3, 0.4) is 0 Å². The van der Waals surface area contributed by atoms with Crippen LogP contribution in [0.25, 0.3) is 0 Å². The summed E-state index contributed by atoms with van der Waals surface area (Å²) in [5.41, 5.74) is 8.45. The number of benzene rings is 2. The summed E-state index contributed by atoms with van der Waals surface area (Å²) in [6.45, 7) is 1.57. The Bertz CT molecular complexity index is 670. The number of rotatable bonds is 5. The summed E-state index contributed by atoms with van der Waals surface area (Å²) in [5, 5.41) is 0. The van der Waals surface area contributed by atoms with E-state index in [0.29, 0.717) is 12.3 Å². The van der Waals surface area contributed by atoms with Crippen LogP contribution in [0.2, 0.25) is 0 Å². The first kappa shape index (κ1) is 16.5. The van der Waals surface area contributed by atoms with Crippen LogP contribution in [0.4, 0.5) is 0 Å². The number of methoxy groups -OCH3 is 1. The zero-order valence-corrected chi connectivity index (χ0v) is 14.0. The predicted molar refractivity (Wildman–Crippen MR) is 94.9 cm³/mol. The van der Waals surface area contributed by atoms with E-state index in [1.807, 2.05) is 47.4 Å². The molecule has 0 bridgehead atoms. The molecule has 0 radical (unpaired) electrons. The molecule has 0 unspecified atom stereocenters. The molecule has 24 heavy (non-hydrogen) atoms. The summed E-state index contributed by atoms with van der Waals surface area (Å²) in [7, 11) is 1.67. The van der Waals surface area contributed by atoms with E-state index in [0.717, 1.165) is 30.8 Å². The molecular formula is C20H24N2O2. The van der Waals surface area contributed by atoms with Crippen LogP contribution >= 0.6 is 0 Å². The number of carbonyl (C=O) groups excluding carboxylic acids is 1. The zero-order valence-electron chi connectivity index (χ0n) is 14.0. The van der Waals surface area contributed by atoms with Gasteiger partial charge in [-0.25, -0.2) is 0 Å². The standard InChI is InChI=1S/C20H24N2O2/c1-24-18-9-7-15(8-10-18)17-11-12-22(14-17)20(23)13-19(21)16-5-3-2-4-6-16/h2-10,17,19H,11-14,21H2,1H3/t17-,19+/m1/s1. The minimum atomic E-state index is -0.237. The van der Waals surface area contributed by atoms with E-state index in [1.165, 1.54) is 5.56 Å². The fraction of sp³-hybridized carbons (Fsp3) is 0.350. The number of nitrogens with two attached hydrogens (primary N) is 1. The lowest BCUT2D eigenvalue weighted by Crippen LogP contribution is -2.31. The number of nitrogens with zero attached hydrogens (tertiary/aromatic N) is 1. The molecule has 3 rings (SSSR count). The minimum Gasteiger partial charge on any atom is -0.497 e. The second-order valence-electron chi connectivity index (χ2n) is 6.32. The molecule has 4 heteroatoms. The Labute approximate surface area is 143 Å². The summed E-state index contributed by atoms with van der Waals surface area (Å²) >= 11 is 0. The van der Waals surface area contributed by atoms with Gasteiger partial charge in [0, 0.05) is 31.5 Å². The third-order valence-corrected chi connectivity index (χ3v) is 4.75. The van der Waals surface area contributed by atoms with E-state index in [-0.39, 0.29) is 11.9 Å². The fourth-order valence-corrected chi connectivity index (χ4v) is 3.27. The van der Waals surface area contributed by atoms with Crippen molar-refractivity contribution in [3.63, 3.8) is 0 Å². The molecule has 0 saturated carbocycles. The maximum absolute atomic E-state index is 12.5. The molecule has 1 amide bonds. The third-order valence-electron chi connectivity index (χ3n) is 4.75. The Morgan fingerprint density at radius 3 is 2.58 bits per heavy atom. The van der Waals surface area contributed by atoms with Gasteiger partial charge in [0.2, 0.25) is 5.91 Å². The number of hydrogen-bond acceptors (Lipinski definition) is 3. The molecule has 1 fully saturated rings. The van der Waals surface area contributed by atoms with Gasteiger partial charge in [-0.15, -0.1) is 0 Å². The van der Waals surface area contributed by atoms with Gasteiger partial charge < -0.3 is 15.4 Å². The fourth-order valence-electron chi connectivity index (χ4n) is 3.27. The van der Waals surface area contributed by atoms with Crippen molar-refractivity contribution in [2.24, 2.45) is 5.73 Å². The van der Waals surface area contributed by atoms with Crippen molar-refractivity contribution < 1.29 is 9.53 Å². The van der Waals surface area contributed by atoms with Crippen molar-refractivity contribution in [1.82, 2.24) is 4.90 Å². The average Bonchev–Trinajstić information content (AvgIpc) is 3.13. The van der Waals surface area contributed by atoms with Crippen LogP contribution < -0.4 is 10.5 Å². The largest absolute Gasteiger partial charge is 0.497 e. The van der Waals surface area contributed by atoms with Crippen LogP contribution in [0.5, 0.6) is 5.75 Å². The van der Waals surface area contributed by atoms with Crippen molar-refractivity contribution in [2.75, 3.05) is 20.2 Å². The Morgan fingerprint density at radius 1 is 1.21 bits per heavy atom. The molecule has 0 spiro atoms. The topological polar surface area (TPSA) is 55.6 Å². The first-order chi connectivity index (χ1) is 11.7. The van der Waals surface area contributed by atoms with E-state index in [2.05, 4.69) is 12.1 Å². The molecule has 4 nitrogen and oxygen atoms in total. The number of carbonyl (C=O) groups is 1. The highest BCUT2D eigenvalue weighted by molar-refractivity contribution is 5.77. The van der Waals surface area contributed by atoms with Crippen LogP contribution in [-0.2, 0) is 4.79 Å². The van der Waals surface area contributed by atoms with Gasteiger partial charge in [0.25, 0.3) is 0 Å². The Balaban J connectivity index is 1.57. The number of hydrogen-bond donors (Lipinski definition) is 1. The summed E-state index contributed by atoms with van der Waals surface area (Å²) < 4.78 is 5.20. The second-order valence-corrected chi connectivity index (χ2v) is 6.32. The van der Waals surface area contributed by atoms with Crippen LogP contribution in [0.15, 0.2) is 54.6 Å². The molecule has 1 aliphatic heterocycles. The quantitative estimate of drug-likeness (QED) is 0.919. The van der Waals surface area contributed by atoms with Crippen LogP contribution in [-0.4, -0.2) is 31.0 Å². The predicted octanol–water partition coefficient (Wildman–Crippen LogP) is 3.10. The van der Waals surface area contributed by atoms with Gasteiger partial charge in [0.15, 0.2) is 0 Å². The summed E-state index contributed by atoms with van der Waals surface area (Å²) in [4.78, 5) is 14.5. The van der Waals surface area contributed by atoms with Crippen molar-refractivity contribution in [3.8, 4) is 5.75 Å². The van der Waals surface area contributed by atoms with Gasteiger partial charge in [-0.05, 0) is 29.7 Å². The van der Waals surface area contributed by atoms with Gasteiger partial charge in [0.05, 0.1) is 7.11 Å². The molecule has 2 atom stereocenters. The first-order valence-electron chi connectivity index (χ1n) is 8.39. The van der Waals surface area contributed by atoms with Gasteiger partial charge in [-0.2, -0.15) is 0 Å². The van der Waals surface area contributed by atoms with Crippen molar-refractivity contribution in [2.45, 2.75) is 24.8 Å². The molecule has 1 aliphatic rings. The lowest BCUT2D eigenvalue weighted by molar-refractivity contribution is -0.130. The number of ether oxygens (including phenoxy) is 1. The molecule has 2 aromatic rings. The van der Waals surface area contributed by atoms with E-state index in [1.54, 1.807) is 7.11 Å². The maximum atomic E-state index is 12.5. The monoisotopic (exact) mass is 324 g/mol. The highest BCUT2D eigenvalue weighted by Crippen LogP contribution is 2.29. The van der Waals surface area contributed by atoms with E-state index >= 15 is 0 Å². The zero-order chi connectivity index (χ0) is 16.9. The van der Waals surface area contributed by atoms with Gasteiger partial charge in [-0.3, -0.25) is 4.79 Å². The van der Waals surface area contributed by atoms with E-state index in [9.17, 15) is 4.79 Å². The second kappa shape index (κ2) is 7.49. The smallest absolute Gasteiger partial charge is 0.224 e. The first-order valence-corrected chi connectivity index (χ1v) is 8.39. The van der Waals surface area contributed by atoms with Crippen molar-refractivity contribution in [1.29, 1.82) is 0 Å². The van der Waals surface area contributed by atoms with E-state index in [4.69, 9.17) is 10.5 Å². The third kappa shape index (κ3) is 3.77. The summed E-state index contributed by atoms with van der Waals surface area (Å²) in [6.07, 6.45) is 1.36. The highest BCUT2D eigenvalue weighted by atomic mass is 16.5. The Morgan fingerprint density at radius 2 is 1.92 bits per heavy atom. The lowest BCUT2D eigenvalue weighted by Gasteiger charge is -2.19. The Kier molecular flexibility index (Phi) is 5.16. The molecule has 0 aromatic heterocycles. The Hall–Kier alpha value is -2.33.